The van der Waals surface area contributed by atoms with Crippen LogP contribution in [0.3, 0.4) is 0 Å². The van der Waals surface area contributed by atoms with Crippen LogP contribution in [0.1, 0.15) is 64.9 Å². The van der Waals surface area contributed by atoms with Gasteiger partial charge in [-0.05, 0) is 41.2 Å². The summed E-state index contributed by atoms with van der Waals surface area (Å²) in [5, 5.41) is 0. The normalized spacial score (nSPS) is 21.0. The minimum absolute atomic E-state index is 0.0140. The second-order valence-corrected chi connectivity index (χ2v) is 13.6. The van der Waals surface area contributed by atoms with Crippen LogP contribution in [0.15, 0.2) is 76.1 Å². The number of sulfonamides is 1. The van der Waals surface area contributed by atoms with Crippen molar-refractivity contribution in [3.8, 4) is 5.75 Å². The van der Waals surface area contributed by atoms with Crippen LogP contribution in [0.4, 0.5) is 5.69 Å². The predicted octanol–water partition coefficient (Wildman–Crippen LogP) is 5.90. The largest absolute Gasteiger partial charge is 0.496 e. The first-order valence-electron chi connectivity index (χ1n) is 12.8. The number of carbonyl (C=O) groups excluding carboxylic acids is 2. The Labute approximate surface area is 224 Å². The minimum Gasteiger partial charge on any atom is -0.496 e. The van der Waals surface area contributed by atoms with Crippen molar-refractivity contribution in [3.63, 3.8) is 0 Å². The highest BCUT2D eigenvalue weighted by molar-refractivity contribution is 7.92. The molecule has 0 unspecified atom stereocenters. The summed E-state index contributed by atoms with van der Waals surface area (Å²) < 4.78 is 41.4. The van der Waals surface area contributed by atoms with Crippen LogP contribution in [-0.4, -0.2) is 27.1 Å². The Bertz CT molecular complexity index is 1450. The molecule has 0 aromatic heterocycles. The first-order chi connectivity index (χ1) is 17.8. The lowest BCUT2D eigenvalue weighted by atomic mass is 9.65. The number of Topliss-reactive ketones (excluding diaryl/α,β-unsaturated/α-hetero) is 2. The van der Waals surface area contributed by atoms with Crippen LogP contribution in [-0.2, 0) is 24.3 Å². The molecule has 7 nitrogen and oxygen atoms in total. The number of methoxy groups -OCH3 is 1. The van der Waals surface area contributed by atoms with Crippen molar-refractivity contribution in [3.05, 3.63) is 76.8 Å². The highest BCUT2D eigenvalue weighted by atomic mass is 32.2. The van der Waals surface area contributed by atoms with E-state index in [2.05, 4.69) is 4.72 Å². The molecule has 2 aliphatic carbocycles. The maximum atomic E-state index is 13.6. The molecule has 5 rings (SSSR count). The molecule has 0 saturated carbocycles. The van der Waals surface area contributed by atoms with E-state index in [1.807, 2.05) is 27.7 Å². The highest BCUT2D eigenvalue weighted by Crippen LogP contribution is 2.54. The first-order valence-corrected chi connectivity index (χ1v) is 14.2. The van der Waals surface area contributed by atoms with Gasteiger partial charge in [-0.15, -0.1) is 0 Å². The van der Waals surface area contributed by atoms with E-state index in [0.29, 0.717) is 65.3 Å². The van der Waals surface area contributed by atoms with E-state index < -0.39 is 15.9 Å². The Balaban J connectivity index is 1.70. The number of para-hydroxylation sites is 1. The smallest absolute Gasteiger partial charge is 0.261 e. The standard InChI is InChI=1S/C30H33NO6S/c1-29(2)14-21(32)27-24(16-29)37-25-17-30(3,4)15-22(33)28(25)26(27)20-13-19(11-12-23(20)36-5)38(34,35)31-18-9-7-6-8-10-18/h6-13,26,31H,14-17H2,1-5H3. The fraction of sp³-hybridized carbons (Fsp3) is 0.400. The number of carbonyl (C=O) groups is 2. The Kier molecular flexibility index (Phi) is 6.29. The lowest BCUT2D eigenvalue weighted by molar-refractivity contribution is -0.120. The number of nitrogens with one attached hydrogen (secondary N) is 1. The van der Waals surface area contributed by atoms with Gasteiger partial charge in [-0.3, -0.25) is 14.3 Å². The quantitative estimate of drug-likeness (QED) is 0.512. The zero-order valence-electron chi connectivity index (χ0n) is 22.4. The molecule has 2 aromatic rings. The van der Waals surface area contributed by atoms with Gasteiger partial charge in [0.25, 0.3) is 10.0 Å². The molecule has 1 heterocycles. The third-order valence-corrected chi connectivity index (χ3v) is 8.81. The molecule has 0 saturated heterocycles. The van der Waals surface area contributed by atoms with Gasteiger partial charge in [0.2, 0.25) is 0 Å². The number of allylic oxidation sites excluding steroid dienone is 4. The number of hydrogen-bond donors (Lipinski definition) is 1. The third-order valence-electron chi connectivity index (χ3n) is 7.43. The van der Waals surface area contributed by atoms with E-state index in [0.717, 1.165) is 0 Å². The highest BCUT2D eigenvalue weighted by Gasteiger charge is 2.48. The maximum absolute atomic E-state index is 13.6. The summed E-state index contributed by atoms with van der Waals surface area (Å²) in [5.41, 5.74) is 1.18. The average Bonchev–Trinajstić information content (AvgIpc) is 2.81. The van der Waals surface area contributed by atoms with Crippen LogP contribution in [0, 0.1) is 10.8 Å². The number of hydrogen-bond acceptors (Lipinski definition) is 6. The van der Waals surface area contributed by atoms with Crippen molar-refractivity contribution in [2.24, 2.45) is 10.8 Å². The average molecular weight is 536 g/mol. The van der Waals surface area contributed by atoms with Crippen LogP contribution in [0.5, 0.6) is 5.75 Å². The van der Waals surface area contributed by atoms with Gasteiger partial charge >= 0.3 is 0 Å². The Morgan fingerprint density at radius 2 is 1.39 bits per heavy atom. The van der Waals surface area contributed by atoms with Crippen molar-refractivity contribution in [2.75, 3.05) is 11.8 Å². The van der Waals surface area contributed by atoms with E-state index in [9.17, 15) is 18.0 Å². The van der Waals surface area contributed by atoms with Crippen LogP contribution >= 0.6 is 0 Å². The molecule has 0 atom stereocenters. The lowest BCUT2D eigenvalue weighted by Gasteiger charge is -2.43. The fourth-order valence-corrected chi connectivity index (χ4v) is 6.90. The molecule has 200 valence electrons. The number of ether oxygens (including phenoxy) is 2. The molecule has 2 aromatic carbocycles. The molecule has 0 spiro atoms. The SMILES string of the molecule is COc1ccc(S(=O)(=O)Nc2ccccc2)cc1C1C2=C(CC(C)(C)CC2=O)OC2=C1C(=O)CC(C)(C)C2. The van der Waals surface area contributed by atoms with E-state index >= 15 is 0 Å². The molecule has 38 heavy (non-hydrogen) atoms. The molecule has 8 heteroatoms. The van der Waals surface area contributed by atoms with Crippen molar-refractivity contribution < 1.29 is 27.5 Å². The summed E-state index contributed by atoms with van der Waals surface area (Å²) >= 11 is 0. The molecule has 1 N–H and O–H groups in total. The second kappa shape index (κ2) is 9.12. The zero-order valence-corrected chi connectivity index (χ0v) is 23.2. The van der Waals surface area contributed by atoms with E-state index in [-0.39, 0.29) is 27.3 Å². The molecule has 1 aliphatic heterocycles. The second-order valence-electron chi connectivity index (χ2n) is 12.0. The minimum atomic E-state index is -3.96. The van der Waals surface area contributed by atoms with Gasteiger partial charge in [-0.1, -0.05) is 45.9 Å². The number of rotatable bonds is 5. The lowest BCUT2D eigenvalue weighted by Crippen LogP contribution is -2.37. The van der Waals surface area contributed by atoms with Crippen LogP contribution < -0.4 is 9.46 Å². The molecule has 0 amide bonds. The Hall–Kier alpha value is -3.39. The molecule has 0 bridgehead atoms. The molecule has 0 radical (unpaired) electrons. The zero-order chi connectivity index (χ0) is 27.5. The predicted molar refractivity (Wildman–Crippen MR) is 144 cm³/mol. The topological polar surface area (TPSA) is 98.8 Å². The molecular formula is C30H33NO6S. The summed E-state index contributed by atoms with van der Waals surface area (Å²) in [6.45, 7) is 8.09. The van der Waals surface area contributed by atoms with Crippen LogP contribution in [0.2, 0.25) is 0 Å². The van der Waals surface area contributed by atoms with E-state index in [1.165, 1.54) is 19.2 Å². The van der Waals surface area contributed by atoms with Gasteiger partial charge in [0.05, 0.1) is 17.9 Å². The summed E-state index contributed by atoms with van der Waals surface area (Å²) in [7, 11) is -2.46. The first kappa shape index (κ1) is 26.2. The molecular weight excluding hydrogens is 502 g/mol. The number of benzene rings is 2. The van der Waals surface area contributed by atoms with Crippen molar-refractivity contribution >= 4 is 27.3 Å². The van der Waals surface area contributed by atoms with Gasteiger partial charge in [-0.2, -0.15) is 0 Å². The number of anilines is 1. The summed E-state index contributed by atoms with van der Waals surface area (Å²) in [6, 6.07) is 13.2. The van der Waals surface area contributed by atoms with Crippen molar-refractivity contribution in [1.82, 2.24) is 0 Å². The molecule has 3 aliphatic rings. The summed E-state index contributed by atoms with van der Waals surface area (Å²) in [6.07, 6.45) is 1.71. The summed E-state index contributed by atoms with van der Waals surface area (Å²) in [5.74, 6) is 0.593. The Morgan fingerprint density at radius 3 is 1.92 bits per heavy atom. The van der Waals surface area contributed by atoms with Gasteiger partial charge < -0.3 is 9.47 Å². The van der Waals surface area contributed by atoms with Gasteiger partial charge in [-0.25, -0.2) is 8.42 Å². The van der Waals surface area contributed by atoms with Crippen LogP contribution in [0.25, 0.3) is 0 Å². The monoisotopic (exact) mass is 535 g/mol. The van der Waals surface area contributed by atoms with Gasteiger partial charge in [0.15, 0.2) is 11.6 Å². The van der Waals surface area contributed by atoms with Gasteiger partial charge in [0, 0.05) is 48.1 Å². The van der Waals surface area contributed by atoms with E-state index in [4.69, 9.17) is 9.47 Å². The van der Waals surface area contributed by atoms with Crippen molar-refractivity contribution in [2.45, 2.75) is 64.2 Å². The Morgan fingerprint density at radius 1 is 0.842 bits per heavy atom. The summed E-state index contributed by atoms with van der Waals surface area (Å²) in [4.78, 5) is 27.2. The molecule has 0 fully saturated rings. The van der Waals surface area contributed by atoms with Gasteiger partial charge in [0.1, 0.15) is 17.3 Å². The third kappa shape index (κ3) is 4.77. The fourth-order valence-electron chi connectivity index (χ4n) is 5.81. The van der Waals surface area contributed by atoms with Crippen molar-refractivity contribution in [1.29, 1.82) is 0 Å². The maximum Gasteiger partial charge on any atom is 0.261 e. The number of ketones is 2. The van der Waals surface area contributed by atoms with E-state index in [1.54, 1.807) is 36.4 Å².